The van der Waals surface area contributed by atoms with Crippen LogP contribution in [0.1, 0.15) is 32.3 Å². The van der Waals surface area contributed by atoms with Crippen molar-refractivity contribution in [2.24, 2.45) is 0 Å². The predicted octanol–water partition coefficient (Wildman–Crippen LogP) is 3.43. The summed E-state index contributed by atoms with van der Waals surface area (Å²) in [6.07, 6.45) is -3.13. The van der Waals surface area contributed by atoms with E-state index in [9.17, 15) is 18.0 Å². The normalized spacial score (nSPS) is 17.0. The van der Waals surface area contributed by atoms with E-state index in [2.05, 4.69) is 16.6 Å². The second-order valence-electron chi connectivity index (χ2n) is 6.66. The van der Waals surface area contributed by atoms with Crippen LogP contribution in [-0.4, -0.2) is 61.0 Å². The van der Waals surface area contributed by atoms with Gasteiger partial charge in [-0.2, -0.15) is 0 Å². The number of hydrogen-bond acceptors (Lipinski definition) is 4. The van der Waals surface area contributed by atoms with Gasteiger partial charge >= 0.3 is 6.36 Å². The Morgan fingerprint density at radius 3 is 2.33 bits per heavy atom. The molecule has 2 rings (SSSR count). The number of alkyl halides is 3. The summed E-state index contributed by atoms with van der Waals surface area (Å²) in [5.41, 5.74) is 0.903. The van der Waals surface area contributed by atoms with Gasteiger partial charge in [0.1, 0.15) is 11.9 Å². The van der Waals surface area contributed by atoms with Crippen molar-refractivity contribution in [2.45, 2.75) is 45.7 Å². The number of carbonyl (C=O) groups is 1. The summed E-state index contributed by atoms with van der Waals surface area (Å²) in [7, 11) is 0. The first-order chi connectivity index (χ1) is 12.8. The molecule has 0 saturated carbocycles. The molecule has 0 N–H and O–H groups in total. The highest BCUT2D eigenvalue weighted by Gasteiger charge is 2.31. The van der Waals surface area contributed by atoms with E-state index >= 15 is 0 Å². The van der Waals surface area contributed by atoms with Crippen LogP contribution in [0.25, 0.3) is 0 Å². The minimum atomic E-state index is -4.68. The fourth-order valence-electron chi connectivity index (χ4n) is 2.91. The summed E-state index contributed by atoms with van der Waals surface area (Å²) in [6.45, 7) is 7.75. The third kappa shape index (κ3) is 7.38. The molecular weight excluding hydrogens is 361 g/mol. The zero-order valence-electron chi connectivity index (χ0n) is 15.8. The molecule has 5 nitrogen and oxygen atoms in total. The van der Waals surface area contributed by atoms with Gasteiger partial charge in [-0.05, 0) is 31.0 Å². The molecule has 8 heteroatoms. The number of rotatable bonds is 8. The number of hydrogen-bond donors (Lipinski definition) is 0. The number of nitrogens with zero attached hydrogens (tertiary/aromatic N) is 2. The van der Waals surface area contributed by atoms with Gasteiger partial charge in [0.2, 0.25) is 0 Å². The molecule has 1 amide bonds. The lowest BCUT2D eigenvalue weighted by atomic mass is 10.2. The summed E-state index contributed by atoms with van der Waals surface area (Å²) in [4.78, 5) is 16.4. The van der Waals surface area contributed by atoms with Gasteiger partial charge in [-0.3, -0.25) is 9.69 Å². The molecule has 1 atom stereocenters. The summed E-state index contributed by atoms with van der Waals surface area (Å²) in [5, 5.41) is 0. The maximum Gasteiger partial charge on any atom is 0.573 e. The highest BCUT2D eigenvalue weighted by Crippen LogP contribution is 2.23. The number of amides is 1. The van der Waals surface area contributed by atoms with Gasteiger partial charge in [-0.15, -0.1) is 13.2 Å². The topological polar surface area (TPSA) is 42.0 Å². The maximum atomic E-state index is 12.4. The van der Waals surface area contributed by atoms with E-state index in [0.717, 1.165) is 18.4 Å². The van der Waals surface area contributed by atoms with E-state index in [1.54, 1.807) is 19.1 Å². The third-order valence-electron chi connectivity index (χ3n) is 4.46. The summed E-state index contributed by atoms with van der Waals surface area (Å²) >= 11 is 0. The van der Waals surface area contributed by atoms with E-state index < -0.39 is 12.5 Å². The molecule has 1 saturated heterocycles. The highest BCUT2D eigenvalue weighted by atomic mass is 19.4. The molecule has 1 aliphatic heterocycles. The van der Waals surface area contributed by atoms with Crippen LogP contribution in [-0.2, 0) is 16.1 Å². The number of halogens is 3. The molecule has 27 heavy (non-hydrogen) atoms. The SMILES string of the molecule is CCCCOC(C)C(=O)N1CCN(Cc2ccc(OC(F)(F)F)cc2)CC1. The van der Waals surface area contributed by atoms with Crippen molar-refractivity contribution in [2.75, 3.05) is 32.8 Å². The zero-order chi connectivity index (χ0) is 19.9. The summed E-state index contributed by atoms with van der Waals surface area (Å²) in [5.74, 6) is -0.210. The van der Waals surface area contributed by atoms with Crippen molar-refractivity contribution >= 4 is 5.91 Å². The van der Waals surface area contributed by atoms with Crippen LogP contribution < -0.4 is 4.74 Å². The van der Waals surface area contributed by atoms with E-state index in [4.69, 9.17) is 4.74 Å². The van der Waals surface area contributed by atoms with Crippen molar-refractivity contribution in [1.29, 1.82) is 0 Å². The largest absolute Gasteiger partial charge is 0.573 e. The van der Waals surface area contributed by atoms with Gasteiger partial charge in [-0.25, -0.2) is 0 Å². The molecule has 1 aliphatic rings. The van der Waals surface area contributed by atoms with Crippen LogP contribution >= 0.6 is 0 Å². The minimum absolute atomic E-state index is 0.0133. The van der Waals surface area contributed by atoms with E-state index in [-0.39, 0.29) is 11.7 Å². The predicted molar refractivity (Wildman–Crippen MR) is 95.3 cm³/mol. The molecule has 0 aromatic heterocycles. The molecule has 1 fully saturated rings. The fraction of sp³-hybridized carbons (Fsp3) is 0.632. The first kappa shape index (κ1) is 21.5. The molecule has 1 aromatic rings. The van der Waals surface area contributed by atoms with Crippen molar-refractivity contribution in [1.82, 2.24) is 9.80 Å². The lowest BCUT2D eigenvalue weighted by Crippen LogP contribution is -2.51. The molecule has 152 valence electrons. The summed E-state index contributed by atoms with van der Waals surface area (Å²) < 4.78 is 46.0. The van der Waals surface area contributed by atoms with E-state index in [1.165, 1.54) is 12.1 Å². The van der Waals surface area contributed by atoms with Gasteiger partial charge in [0, 0.05) is 39.3 Å². The van der Waals surface area contributed by atoms with Crippen molar-refractivity contribution < 1.29 is 27.4 Å². The average Bonchev–Trinajstić information content (AvgIpc) is 2.62. The Bertz CT molecular complexity index is 585. The molecule has 1 heterocycles. The number of benzene rings is 1. The Balaban J connectivity index is 1.76. The van der Waals surface area contributed by atoms with Crippen molar-refractivity contribution in [3.63, 3.8) is 0 Å². The quantitative estimate of drug-likeness (QED) is 0.640. The van der Waals surface area contributed by atoms with E-state index in [1.807, 2.05) is 4.90 Å². The number of unbranched alkanes of at least 4 members (excludes halogenated alkanes) is 1. The first-order valence-electron chi connectivity index (χ1n) is 9.26. The Hall–Kier alpha value is -1.80. The van der Waals surface area contributed by atoms with Crippen LogP contribution in [0.4, 0.5) is 13.2 Å². The zero-order valence-corrected chi connectivity index (χ0v) is 15.8. The molecule has 1 unspecified atom stereocenters. The molecule has 0 aliphatic carbocycles. The molecule has 1 aromatic carbocycles. The maximum absolute atomic E-state index is 12.4. The van der Waals surface area contributed by atoms with Crippen LogP contribution in [0.2, 0.25) is 0 Å². The minimum Gasteiger partial charge on any atom is -0.406 e. The Kier molecular flexibility index (Phi) is 7.91. The first-order valence-corrected chi connectivity index (χ1v) is 9.26. The molecule has 0 spiro atoms. The number of piperazine rings is 1. The van der Waals surface area contributed by atoms with Crippen LogP contribution in [0.3, 0.4) is 0 Å². The summed E-state index contributed by atoms with van der Waals surface area (Å²) in [6, 6.07) is 5.89. The average molecular weight is 388 g/mol. The molecule has 0 radical (unpaired) electrons. The van der Waals surface area contributed by atoms with Gasteiger partial charge in [0.15, 0.2) is 0 Å². The van der Waals surface area contributed by atoms with Crippen molar-refractivity contribution in [3.8, 4) is 5.75 Å². The number of carbonyl (C=O) groups excluding carboxylic acids is 1. The Morgan fingerprint density at radius 2 is 1.78 bits per heavy atom. The van der Waals surface area contributed by atoms with Crippen molar-refractivity contribution in [3.05, 3.63) is 29.8 Å². The van der Waals surface area contributed by atoms with Gasteiger partial charge in [0.05, 0.1) is 0 Å². The third-order valence-corrected chi connectivity index (χ3v) is 4.46. The molecule has 0 bridgehead atoms. The lowest BCUT2D eigenvalue weighted by Gasteiger charge is -2.36. The number of ether oxygens (including phenoxy) is 2. The standard InChI is InChI=1S/C19H27F3N2O3/c1-3-4-13-26-15(2)18(25)24-11-9-23(10-12-24)14-16-5-7-17(8-6-16)27-19(20,21)22/h5-8,15H,3-4,9-14H2,1-2H3. The lowest BCUT2D eigenvalue weighted by molar-refractivity contribution is -0.274. The Morgan fingerprint density at radius 1 is 1.15 bits per heavy atom. The van der Waals surface area contributed by atoms with Crippen LogP contribution in [0.5, 0.6) is 5.75 Å². The molecular formula is C19H27F3N2O3. The fourth-order valence-corrected chi connectivity index (χ4v) is 2.91. The van der Waals surface area contributed by atoms with Gasteiger partial charge < -0.3 is 14.4 Å². The van der Waals surface area contributed by atoms with Gasteiger partial charge in [-0.1, -0.05) is 25.5 Å². The van der Waals surface area contributed by atoms with Crippen LogP contribution in [0, 0.1) is 0 Å². The second-order valence-corrected chi connectivity index (χ2v) is 6.66. The second kappa shape index (κ2) is 9.94. The van der Waals surface area contributed by atoms with E-state index in [0.29, 0.717) is 39.3 Å². The van der Waals surface area contributed by atoms with Gasteiger partial charge in [0.25, 0.3) is 5.91 Å². The van der Waals surface area contributed by atoms with Crippen LogP contribution in [0.15, 0.2) is 24.3 Å². The highest BCUT2D eigenvalue weighted by molar-refractivity contribution is 5.80. The smallest absolute Gasteiger partial charge is 0.406 e. The monoisotopic (exact) mass is 388 g/mol. The Labute approximate surface area is 158 Å².